The van der Waals surface area contributed by atoms with E-state index in [1.807, 2.05) is 48.8 Å². The average Bonchev–Trinajstić information content (AvgIpc) is 3.40. The van der Waals surface area contributed by atoms with Crippen molar-refractivity contribution in [3.63, 3.8) is 0 Å². The van der Waals surface area contributed by atoms with Crippen LogP contribution in [-0.2, 0) is 6.42 Å². The first-order valence-electron chi connectivity index (χ1n) is 14.3. The molecule has 0 amide bonds. The van der Waals surface area contributed by atoms with Crippen molar-refractivity contribution in [2.24, 2.45) is 5.41 Å². The normalized spacial score (nSPS) is 15.5. The average molecular weight is 555 g/mol. The molecule has 0 bridgehead atoms. The summed E-state index contributed by atoms with van der Waals surface area (Å²) in [5, 5.41) is 11.4. The van der Waals surface area contributed by atoms with Crippen molar-refractivity contribution in [2.75, 3.05) is 41.7 Å². The Morgan fingerprint density at radius 3 is 2.60 bits per heavy atom. The monoisotopic (exact) mass is 554 g/mol. The van der Waals surface area contributed by atoms with Crippen molar-refractivity contribution in [2.45, 2.75) is 13.3 Å². The molecule has 0 radical (unpaired) electrons. The number of hydrogen-bond acceptors (Lipinski definition) is 9. The standard InChI is InChI=1S/C32H30N10/c1-2-21-12-22(6-9-34-21)38-23-13-28-31(37-15-23)41-30(40-28)20-5-8-36-29(11-20)39-27-7-10-35-26-4-3-24(14-25(26)27)42-18-32(19-42)16-33-17-32/h3-15,33H,2,16-19H2,1H3,(H,34,38)(H,35,36,39)(H,37,40,41). The van der Waals surface area contributed by atoms with Crippen LogP contribution in [0.5, 0.6) is 0 Å². The second-order valence-corrected chi connectivity index (χ2v) is 11.3. The van der Waals surface area contributed by atoms with Gasteiger partial charge in [-0.2, -0.15) is 0 Å². The van der Waals surface area contributed by atoms with Crippen LogP contribution in [0.25, 0.3) is 33.5 Å². The number of aryl methyl sites for hydroxylation is 1. The molecule has 2 fully saturated rings. The van der Waals surface area contributed by atoms with E-state index in [0.717, 1.165) is 89.0 Å². The van der Waals surface area contributed by atoms with Crippen LogP contribution in [-0.4, -0.2) is 56.1 Å². The van der Waals surface area contributed by atoms with E-state index in [2.05, 4.69) is 70.9 Å². The summed E-state index contributed by atoms with van der Waals surface area (Å²) in [6, 6.07) is 18.5. The van der Waals surface area contributed by atoms with E-state index in [9.17, 15) is 0 Å². The number of hydrogen-bond donors (Lipinski definition) is 4. The first-order chi connectivity index (χ1) is 20.6. The fourth-order valence-corrected chi connectivity index (χ4v) is 5.89. The lowest BCUT2D eigenvalue weighted by atomic mass is 9.74. The molecule has 42 heavy (non-hydrogen) atoms. The third-order valence-electron chi connectivity index (χ3n) is 8.24. The molecule has 1 aromatic carbocycles. The molecule has 6 aromatic rings. The minimum absolute atomic E-state index is 0.470. The number of benzene rings is 1. The highest BCUT2D eigenvalue weighted by Crippen LogP contribution is 2.39. The van der Waals surface area contributed by atoms with Gasteiger partial charge in [-0.05, 0) is 61.0 Å². The van der Waals surface area contributed by atoms with Gasteiger partial charge in [-0.3, -0.25) is 9.97 Å². The number of imidazole rings is 1. The lowest BCUT2D eigenvalue weighted by Crippen LogP contribution is -2.71. The highest BCUT2D eigenvalue weighted by molar-refractivity contribution is 5.95. The maximum Gasteiger partial charge on any atom is 0.178 e. The van der Waals surface area contributed by atoms with E-state index >= 15 is 0 Å². The SMILES string of the molecule is CCc1cc(Nc2cnc3nc(-c4ccnc(Nc5ccnc6ccc(N7CC8(CNC8)C7)cc56)c4)[nH]c3c2)ccn1. The molecule has 2 aliphatic rings. The number of aromatic amines is 1. The van der Waals surface area contributed by atoms with Crippen LogP contribution < -0.4 is 20.9 Å². The number of nitrogens with zero attached hydrogens (tertiary/aromatic N) is 6. The van der Waals surface area contributed by atoms with E-state index < -0.39 is 0 Å². The van der Waals surface area contributed by atoms with Crippen LogP contribution in [0.3, 0.4) is 0 Å². The molecule has 208 valence electrons. The summed E-state index contributed by atoms with van der Waals surface area (Å²) in [4.78, 5) is 28.8. The van der Waals surface area contributed by atoms with E-state index in [0.29, 0.717) is 11.1 Å². The van der Waals surface area contributed by atoms with E-state index in [-0.39, 0.29) is 0 Å². The van der Waals surface area contributed by atoms with Gasteiger partial charge in [0, 0.05) is 78.2 Å². The molecule has 2 saturated heterocycles. The summed E-state index contributed by atoms with van der Waals surface area (Å²) >= 11 is 0. The second-order valence-electron chi connectivity index (χ2n) is 11.3. The zero-order valence-corrected chi connectivity index (χ0v) is 23.2. The van der Waals surface area contributed by atoms with Gasteiger partial charge in [0.25, 0.3) is 0 Å². The summed E-state index contributed by atoms with van der Waals surface area (Å²) in [5.74, 6) is 1.46. The lowest BCUT2D eigenvalue weighted by Gasteiger charge is -2.57. The first kappa shape index (κ1) is 24.7. The summed E-state index contributed by atoms with van der Waals surface area (Å²) in [5.41, 5.74) is 8.94. The maximum absolute atomic E-state index is 4.75. The summed E-state index contributed by atoms with van der Waals surface area (Å²) in [7, 11) is 0. The largest absolute Gasteiger partial charge is 0.370 e. The van der Waals surface area contributed by atoms with Crippen molar-refractivity contribution < 1.29 is 0 Å². The van der Waals surface area contributed by atoms with Gasteiger partial charge in [0.15, 0.2) is 5.65 Å². The third kappa shape index (κ3) is 4.46. The number of nitrogens with one attached hydrogen (secondary N) is 4. The molecule has 5 aromatic heterocycles. The topological polar surface area (TPSA) is 120 Å². The van der Waals surface area contributed by atoms with Gasteiger partial charge in [-0.25, -0.2) is 15.0 Å². The fraction of sp³-hybridized carbons (Fsp3) is 0.219. The number of H-pyrrole nitrogens is 1. The molecule has 8 rings (SSSR count). The Bertz CT molecular complexity index is 1940. The van der Waals surface area contributed by atoms with Crippen LogP contribution in [0.4, 0.5) is 28.6 Å². The lowest BCUT2D eigenvalue weighted by molar-refractivity contribution is 0.121. The molecule has 0 unspecified atom stereocenters. The number of rotatable bonds is 7. The van der Waals surface area contributed by atoms with E-state index in [1.165, 1.54) is 5.69 Å². The van der Waals surface area contributed by atoms with Gasteiger partial charge in [0.2, 0.25) is 0 Å². The van der Waals surface area contributed by atoms with Crippen LogP contribution in [0.1, 0.15) is 12.6 Å². The molecule has 0 aliphatic carbocycles. The molecule has 7 heterocycles. The number of anilines is 5. The predicted molar refractivity (Wildman–Crippen MR) is 167 cm³/mol. The molecule has 0 saturated carbocycles. The van der Waals surface area contributed by atoms with Gasteiger partial charge in [-0.15, -0.1) is 0 Å². The maximum atomic E-state index is 4.75. The molecular formula is C32H30N10. The highest BCUT2D eigenvalue weighted by Gasteiger charge is 2.47. The van der Waals surface area contributed by atoms with Crippen LogP contribution >= 0.6 is 0 Å². The number of fused-ring (bicyclic) bond motifs is 2. The van der Waals surface area contributed by atoms with Gasteiger partial charge in [0.05, 0.1) is 28.6 Å². The molecule has 10 nitrogen and oxygen atoms in total. The smallest absolute Gasteiger partial charge is 0.178 e. The molecule has 10 heteroatoms. The van der Waals surface area contributed by atoms with Gasteiger partial charge < -0.3 is 25.8 Å². The molecule has 1 spiro atoms. The fourth-order valence-electron chi connectivity index (χ4n) is 5.89. The molecule has 0 atom stereocenters. The highest BCUT2D eigenvalue weighted by atomic mass is 15.3. The van der Waals surface area contributed by atoms with Crippen molar-refractivity contribution in [1.82, 2.24) is 35.2 Å². The van der Waals surface area contributed by atoms with Gasteiger partial charge in [0.1, 0.15) is 11.6 Å². The summed E-state index contributed by atoms with van der Waals surface area (Å²) in [6.07, 6.45) is 8.12. The zero-order chi connectivity index (χ0) is 28.1. The molecule has 4 N–H and O–H groups in total. The van der Waals surface area contributed by atoms with Crippen LogP contribution in [0.2, 0.25) is 0 Å². The van der Waals surface area contributed by atoms with Gasteiger partial charge in [-0.1, -0.05) is 6.92 Å². The quantitative estimate of drug-likeness (QED) is 0.205. The Labute approximate surface area is 242 Å². The number of aromatic nitrogens is 6. The minimum Gasteiger partial charge on any atom is -0.370 e. The summed E-state index contributed by atoms with van der Waals surface area (Å²) in [6.45, 7) is 6.55. The van der Waals surface area contributed by atoms with Crippen molar-refractivity contribution >= 4 is 50.6 Å². The Balaban J connectivity index is 1.04. The number of pyridine rings is 4. The first-order valence-corrected chi connectivity index (χ1v) is 14.3. The van der Waals surface area contributed by atoms with Crippen molar-refractivity contribution in [1.29, 1.82) is 0 Å². The van der Waals surface area contributed by atoms with Crippen LogP contribution in [0.15, 0.2) is 79.4 Å². The Morgan fingerprint density at radius 2 is 1.74 bits per heavy atom. The Hall–Kier alpha value is -5.09. The Kier molecular flexibility index (Phi) is 5.75. The Morgan fingerprint density at radius 1 is 0.857 bits per heavy atom. The second kappa shape index (κ2) is 9.78. The molecular weight excluding hydrogens is 524 g/mol. The zero-order valence-electron chi connectivity index (χ0n) is 23.2. The minimum atomic E-state index is 0.470. The van der Waals surface area contributed by atoms with E-state index in [4.69, 9.17) is 4.98 Å². The van der Waals surface area contributed by atoms with Crippen molar-refractivity contribution in [3.8, 4) is 11.4 Å². The van der Waals surface area contributed by atoms with Gasteiger partial charge >= 0.3 is 0 Å². The predicted octanol–water partition coefficient (Wildman–Crippen LogP) is 5.42. The summed E-state index contributed by atoms with van der Waals surface area (Å²) < 4.78 is 0. The van der Waals surface area contributed by atoms with E-state index in [1.54, 1.807) is 12.4 Å². The third-order valence-corrected chi connectivity index (χ3v) is 8.24. The van der Waals surface area contributed by atoms with Crippen LogP contribution in [0, 0.1) is 5.41 Å². The van der Waals surface area contributed by atoms with Crippen molar-refractivity contribution in [3.05, 3.63) is 85.1 Å². The molecule has 2 aliphatic heterocycles.